The molecule has 1 aliphatic rings. The Hall–Kier alpha value is -3.14. The van der Waals surface area contributed by atoms with Crippen molar-refractivity contribution in [1.29, 1.82) is 0 Å². The number of benzene rings is 2. The van der Waals surface area contributed by atoms with Crippen LogP contribution in [0.5, 0.6) is 0 Å². The van der Waals surface area contributed by atoms with Gasteiger partial charge in [0.1, 0.15) is 0 Å². The van der Waals surface area contributed by atoms with Gasteiger partial charge in [-0.2, -0.15) is 13.2 Å². The first-order chi connectivity index (χ1) is 16.3. The minimum Gasteiger partial charge on any atom is -0.361 e. The third kappa shape index (κ3) is 5.32. The molecule has 4 rings (SSSR count). The first kappa shape index (κ1) is 24.0. The van der Waals surface area contributed by atoms with Crippen LogP contribution in [-0.4, -0.2) is 36.4 Å². The summed E-state index contributed by atoms with van der Waals surface area (Å²) in [6.45, 7) is 5.55. The number of aldehydes is 1. The number of alkyl halides is 3. The number of anilines is 1. The molecule has 2 heterocycles. The summed E-state index contributed by atoms with van der Waals surface area (Å²) >= 11 is 1.29. The number of thiazole rings is 1. The van der Waals surface area contributed by atoms with E-state index < -0.39 is 18.0 Å². The van der Waals surface area contributed by atoms with Crippen LogP contribution in [0.2, 0.25) is 0 Å². The number of rotatable bonds is 9. The van der Waals surface area contributed by atoms with E-state index in [0.29, 0.717) is 28.9 Å². The molecule has 1 aromatic heterocycles. The van der Waals surface area contributed by atoms with E-state index in [0.717, 1.165) is 53.7 Å². The zero-order chi connectivity index (χ0) is 24.3. The van der Waals surface area contributed by atoms with E-state index in [2.05, 4.69) is 33.3 Å². The number of carbonyl (C=O) groups excluding carboxylic acids is 1. The predicted octanol–water partition coefficient (Wildman–Crippen LogP) is 5.28. The second-order valence-corrected chi connectivity index (χ2v) is 9.17. The summed E-state index contributed by atoms with van der Waals surface area (Å²) in [5.74, 6) is 0.526. The fourth-order valence-corrected chi connectivity index (χ4v) is 4.83. The molecule has 180 valence electrons. The first-order valence-corrected chi connectivity index (χ1v) is 11.9. The molecule has 1 unspecified atom stereocenters. The lowest BCUT2D eigenvalue weighted by atomic mass is 10.0. The molecule has 3 aromatic rings. The summed E-state index contributed by atoms with van der Waals surface area (Å²) in [6, 6.07) is 9.72. The summed E-state index contributed by atoms with van der Waals surface area (Å²) in [7, 11) is 0. The van der Waals surface area contributed by atoms with Crippen molar-refractivity contribution in [3.8, 4) is 0 Å². The first-order valence-electron chi connectivity index (χ1n) is 11.1. The maximum absolute atomic E-state index is 13.1. The maximum Gasteiger partial charge on any atom is 0.416 e. The van der Waals surface area contributed by atoms with Gasteiger partial charge in [0, 0.05) is 18.7 Å². The number of aromatic nitrogens is 1. The number of hydrogen-bond donors (Lipinski definition) is 1. The van der Waals surface area contributed by atoms with Gasteiger partial charge in [-0.25, -0.2) is 4.98 Å². The fraction of sp³-hybridized carbons (Fsp3) is 0.375. The molecular weight excluding hydrogens is 465 g/mol. The average molecular weight is 491 g/mol. The zero-order valence-corrected chi connectivity index (χ0v) is 19.7. The highest BCUT2D eigenvalue weighted by Crippen LogP contribution is 2.35. The van der Waals surface area contributed by atoms with E-state index in [4.69, 9.17) is 4.84 Å². The minimum atomic E-state index is -4.37. The lowest BCUT2D eigenvalue weighted by Crippen LogP contribution is -2.31. The van der Waals surface area contributed by atoms with Crippen LogP contribution in [0, 0.1) is 6.92 Å². The second-order valence-electron chi connectivity index (χ2n) is 8.16. The van der Waals surface area contributed by atoms with Gasteiger partial charge in [0.25, 0.3) is 6.23 Å². The van der Waals surface area contributed by atoms with Crippen molar-refractivity contribution in [3.05, 3.63) is 58.7 Å². The van der Waals surface area contributed by atoms with Crippen molar-refractivity contribution < 1.29 is 22.8 Å². The zero-order valence-electron chi connectivity index (χ0n) is 18.9. The van der Waals surface area contributed by atoms with Gasteiger partial charge in [0.15, 0.2) is 17.3 Å². The van der Waals surface area contributed by atoms with Crippen LogP contribution in [0.25, 0.3) is 10.2 Å². The summed E-state index contributed by atoms with van der Waals surface area (Å²) < 4.78 is 39.8. The number of aryl methyl sites for hydroxylation is 1. The van der Waals surface area contributed by atoms with E-state index in [1.165, 1.54) is 23.5 Å². The average Bonchev–Trinajstić information content (AvgIpc) is 3.45. The summed E-state index contributed by atoms with van der Waals surface area (Å²) in [5.41, 5.74) is 2.91. The number of unbranched alkanes of at least 4 members (excludes halogenated alkanes) is 1. The SMILES string of the molecule is CCCCN(CCc1ccc(C2=NOC(C=O)N2)c(C)c1)c1nc2ccc(C(F)(F)F)cc2s1. The Morgan fingerprint density at radius 3 is 2.71 bits per heavy atom. The number of oxime groups is 1. The van der Waals surface area contributed by atoms with E-state index in [9.17, 15) is 18.0 Å². The van der Waals surface area contributed by atoms with Crippen molar-refractivity contribution in [1.82, 2.24) is 10.3 Å². The molecule has 1 N–H and O–H groups in total. The predicted molar refractivity (Wildman–Crippen MR) is 127 cm³/mol. The summed E-state index contributed by atoms with van der Waals surface area (Å²) in [6.07, 6.45) is -1.76. The molecule has 1 aliphatic heterocycles. The van der Waals surface area contributed by atoms with Gasteiger partial charge >= 0.3 is 6.18 Å². The molecule has 0 bridgehead atoms. The van der Waals surface area contributed by atoms with Crippen LogP contribution in [-0.2, 0) is 22.2 Å². The number of amidine groups is 1. The Balaban J connectivity index is 1.50. The highest BCUT2D eigenvalue weighted by molar-refractivity contribution is 7.22. The normalized spacial score (nSPS) is 15.7. The Morgan fingerprint density at radius 2 is 2.03 bits per heavy atom. The lowest BCUT2D eigenvalue weighted by Gasteiger charge is -2.22. The highest BCUT2D eigenvalue weighted by Gasteiger charge is 2.31. The van der Waals surface area contributed by atoms with E-state index >= 15 is 0 Å². The van der Waals surface area contributed by atoms with Crippen LogP contribution < -0.4 is 10.2 Å². The van der Waals surface area contributed by atoms with Crippen molar-refractivity contribution >= 4 is 38.8 Å². The fourth-order valence-electron chi connectivity index (χ4n) is 3.77. The number of hydrogen-bond acceptors (Lipinski definition) is 7. The highest BCUT2D eigenvalue weighted by atomic mass is 32.1. The summed E-state index contributed by atoms with van der Waals surface area (Å²) in [4.78, 5) is 22.6. The molecule has 0 aliphatic carbocycles. The molecule has 0 spiro atoms. The van der Waals surface area contributed by atoms with E-state index in [1.54, 1.807) is 0 Å². The number of nitrogens with one attached hydrogen (secondary N) is 1. The van der Waals surface area contributed by atoms with Gasteiger partial charge < -0.3 is 15.1 Å². The number of fused-ring (bicyclic) bond motifs is 1. The van der Waals surface area contributed by atoms with Crippen LogP contribution in [0.1, 0.15) is 42.0 Å². The smallest absolute Gasteiger partial charge is 0.361 e. The molecule has 0 fully saturated rings. The Bertz CT molecular complexity index is 1210. The Morgan fingerprint density at radius 1 is 1.21 bits per heavy atom. The van der Waals surface area contributed by atoms with Crippen LogP contribution >= 0.6 is 11.3 Å². The number of nitrogens with zero attached hydrogens (tertiary/aromatic N) is 3. The number of carbonyl (C=O) groups is 1. The van der Waals surface area contributed by atoms with Crippen molar-refractivity contribution in [3.63, 3.8) is 0 Å². The molecule has 10 heteroatoms. The lowest BCUT2D eigenvalue weighted by molar-refractivity contribution is -0.137. The molecule has 6 nitrogen and oxygen atoms in total. The molecule has 1 atom stereocenters. The Labute approximate surface area is 199 Å². The molecule has 2 aromatic carbocycles. The van der Waals surface area contributed by atoms with Gasteiger partial charge in [0.2, 0.25) is 0 Å². The van der Waals surface area contributed by atoms with Gasteiger partial charge in [0.05, 0.1) is 15.8 Å². The molecule has 0 saturated heterocycles. The van der Waals surface area contributed by atoms with Crippen LogP contribution in [0.3, 0.4) is 0 Å². The van der Waals surface area contributed by atoms with Crippen LogP contribution in [0.4, 0.5) is 18.3 Å². The second kappa shape index (κ2) is 10.0. The van der Waals surface area contributed by atoms with Crippen LogP contribution in [0.15, 0.2) is 41.6 Å². The van der Waals surface area contributed by atoms with E-state index in [1.807, 2.05) is 19.1 Å². The monoisotopic (exact) mass is 490 g/mol. The number of halogens is 3. The van der Waals surface area contributed by atoms with Crippen molar-refractivity contribution in [2.75, 3.05) is 18.0 Å². The quantitative estimate of drug-likeness (QED) is 0.414. The topological polar surface area (TPSA) is 66.8 Å². The molecule has 0 radical (unpaired) electrons. The van der Waals surface area contributed by atoms with Crippen molar-refractivity contribution in [2.24, 2.45) is 5.16 Å². The minimum absolute atomic E-state index is 0.526. The standard InChI is InChI=1S/C24H25F3N4O2S/c1-3-4-10-31(23-28-19-8-6-17(24(25,26)27)13-20(19)34-23)11-9-16-5-7-18(15(2)12-16)22-29-21(14-32)33-30-22/h5-8,12-14,21H,3-4,9-11H2,1-2H3,(H,29,30). The van der Waals surface area contributed by atoms with Gasteiger partial charge in [-0.3, -0.25) is 4.79 Å². The molecule has 34 heavy (non-hydrogen) atoms. The molecule has 0 saturated carbocycles. The van der Waals surface area contributed by atoms with Gasteiger partial charge in [-0.05, 0) is 49.1 Å². The third-order valence-electron chi connectivity index (χ3n) is 5.63. The van der Waals surface area contributed by atoms with Crippen molar-refractivity contribution in [2.45, 2.75) is 45.5 Å². The maximum atomic E-state index is 13.1. The summed E-state index contributed by atoms with van der Waals surface area (Å²) in [5, 5.41) is 7.57. The molecule has 0 amide bonds. The third-order valence-corrected chi connectivity index (χ3v) is 6.71. The molecular formula is C24H25F3N4O2S. The van der Waals surface area contributed by atoms with Gasteiger partial charge in [-0.15, -0.1) is 0 Å². The Kier molecular flexibility index (Phi) is 7.06. The van der Waals surface area contributed by atoms with Gasteiger partial charge in [-0.1, -0.05) is 48.0 Å². The van der Waals surface area contributed by atoms with E-state index in [-0.39, 0.29) is 0 Å². The largest absolute Gasteiger partial charge is 0.416 e.